The number of benzene rings is 9. The zero-order valence-corrected chi connectivity index (χ0v) is 37.0. The minimum absolute atomic E-state index is 0.0298. The zero-order chi connectivity index (χ0) is 61.6. The first kappa shape index (κ1) is 25.4. The van der Waals surface area contributed by atoms with Gasteiger partial charge in [0.1, 0.15) is 17.3 Å². The largest absolute Gasteiger partial charge is 0.458 e. The average molecular weight is 903 g/mol. The van der Waals surface area contributed by atoms with Crippen molar-refractivity contribution in [1.82, 2.24) is 14.1 Å². The first-order valence-electron chi connectivity index (χ1n) is 31.2. The first-order chi connectivity index (χ1) is 41.3. The zero-order valence-electron chi connectivity index (χ0n) is 55.0. The molecule has 5 heterocycles. The van der Waals surface area contributed by atoms with Gasteiger partial charge in [-0.2, -0.15) is 0 Å². The van der Waals surface area contributed by atoms with Gasteiger partial charge in [0.05, 0.1) is 58.1 Å². The summed E-state index contributed by atoms with van der Waals surface area (Å²) in [4.78, 5) is 4.83. The lowest BCUT2D eigenvalue weighted by Gasteiger charge is -2.23. The standard InChI is InChI=1S/C64H44N4O/c1-64(2,3)40-34-35-65-60(36-40)68-57-30-11-10-24-50(57)51-33-32-43(38-59(51)68)69-42-17-12-16-41(37-42)66-39-67-62-54-27-14-28-55(62)49-23-9-7-21-47(49)53-26-13-25-52(61(53)56-29-15-31-58(66)63(56)67)46-20-6-4-18-44(46)45-19-5-8-22-48(45)54/h4-38H,1-3H3/i4D,5D,6D,7D,8D,9D,13D,14D,18D,19D,20D,21D,22D,23D,25D,26D,27D,28D. The topological polar surface area (TPSA) is 35.9 Å². The van der Waals surface area contributed by atoms with E-state index in [1.54, 1.807) is 53.2 Å². The summed E-state index contributed by atoms with van der Waals surface area (Å²) in [6.07, 6.45) is 5.19. The molecule has 0 spiro atoms. The smallest absolute Gasteiger partial charge is 0.269 e. The Morgan fingerprint density at radius 3 is 1.75 bits per heavy atom. The predicted octanol–water partition coefficient (Wildman–Crippen LogP) is 15.9. The summed E-state index contributed by atoms with van der Waals surface area (Å²) in [6, 6.07) is 14.7. The highest BCUT2D eigenvalue weighted by Gasteiger charge is 2.30. The van der Waals surface area contributed by atoms with Crippen LogP contribution in [0.4, 0.5) is 0 Å². The number of imidazole rings is 1. The second-order valence-corrected chi connectivity index (χ2v) is 18.0. The van der Waals surface area contributed by atoms with Crippen LogP contribution in [-0.4, -0.2) is 14.1 Å². The summed E-state index contributed by atoms with van der Waals surface area (Å²) >= 11 is 0. The molecular weight excluding hydrogens is 841 g/mol. The molecule has 3 aromatic heterocycles. The van der Waals surface area contributed by atoms with Gasteiger partial charge in [-0.05, 0) is 126 Å². The average Bonchev–Trinajstić information content (AvgIpc) is 1.66. The van der Waals surface area contributed by atoms with Gasteiger partial charge in [0.25, 0.3) is 6.33 Å². The Morgan fingerprint density at radius 2 is 1.07 bits per heavy atom. The van der Waals surface area contributed by atoms with Crippen LogP contribution in [0.25, 0.3) is 117 Å². The summed E-state index contributed by atoms with van der Waals surface area (Å²) < 4.78 is 184. The van der Waals surface area contributed by atoms with Gasteiger partial charge in [-0.25, -0.2) is 4.98 Å². The van der Waals surface area contributed by atoms with Crippen LogP contribution in [0.3, 0.4) is 0 Å². The molecule has 0 aliphatic carbocycles. The quantitative estimate of drug-likeness (QED) is 0.130. The van der Waals surface area contributed by atoms with E-state index in [4.69, 9.17) is 16.6 Å². The minimum atomic E-state index is -0.871. The third kappa shape index (κ3) is 5.96. The number of pyridine rings is 1. The highest BCUT2D eigenvalue weighted by atomic mass is 16.5. The van der Waals surface area contributed by atoms with E-state index in [1.807, 2.05) is 42.5 Å². The summed E-state index contributed by atoms with van der Waals surface area (Å²) in [6.45, 7) is 6.42. The summed E-state index contributed by atoms with van der Waals surface area (Å²) in [5.74, 6) is 1.52. The van der Waals surface area contributed by atoms with Crippen LogP contribution in [0.1, 0.15) is 51.0 Å². The molecule has 2 aliphatic heterocycles. The molecule has 0 saturated carbocycles. The maximum Gasteiger partial charge on any atom is 0.269 e. The maximum absolute atomic E-state index is 9.98. The second-order valence-electron chi connectivity index (χ2n) is 18.0. The van der Waals surface area contributed by atoms with Crippen molar-refractivity contribution < 1.29 is 34.0 Å². The summed E-state index contributed by atoms with van der Waals surface area (Å²) in [5, 5.41) is 1.96. The van der Waals surface area contributed by atoms with E-state index in [0.717, 1.165) is 27.4 Å². The Kier molecular flexibility index (Phi) is 5.46. The molecule has 9 aromatic carbocycles. The highest BCUT2D eigenvalue weighted by molar-refractivity contribution is 6.11. The molecule has 0 fully saturated rings. The van der Waals surface area contributed by atoms with Crippen molar-refractivity contribution in [3.05, 3.63) is 224 Å². The van der Waals surface area contributed by atoms with Gasteiger partial charge in [0.2, 0.25) is 0 Å². The van der Waals surface area contributed by atoms with Crippen molar-refractivity contribution in [3.63, 3.8) is 0 Å². The Hall–Kier alpha value is -8.80. The molecular formula is C64H44N4O. The Morgan fingerprint density at radius 1 is 0.507 bits per heavy atom. The van der Waals surface area contributed by atoms with Crippen molar-refractivity contribution in [2.24, 2.45) is 0 Å². The number of ether oxygens (including phenoxy) is 1. The lowest BCUT2D eigenvalue weighted by Crippen LogP contribution is -2.32. The molecule has 326 valence electrons. The fourth-order valence-corrected chi connectivity index (χ4v) is 9.90. The number of nitrogens with zero attached hydrogens (tertiary/aromatic N) is 4. The Labute approximate surface area is 425 Å². The van der Waals surface area contributed by atoms with Crippen molar-refractivity contribution in [1.29, 1.82) is 0 Å². The van der Waals surface area contributed by atoms with Crippen molar-refractivity contribution >= 4 is 32.8 Å². The van der Waals surface area contributed by atoms with E-state index in [-0.39, 0.29) is 33.3 Å². The van der Waals surface area contributed by atoms with Crippen LogP contribution in [0.5, 0.6) is 11.5 Å². The fraction of sp³-hybridized carbons (Fsp3) is 0.0625. The highest BCUT2D eigenvalue weighted by Crippen LogP contribution is 2.51. The van der Waals surface area contributed by atoms with Gasteiger partial charge in [-0.1, -0.05) is 172 Å². The lowest BCUT2D eigenvalue weighted by atomic mass is 9.81. The number of para-hydroxylation sites is 3. The van der Waals surface area contributed by atoms with Gasteiger partial charge in [0.15, 0.2) is 0 Å². The monoisotopic (exact) mass is 902 g/mol. The Balaban J connectivity index is 1.13. The van der Waals surface area contributed by atoms with E-state index in [9.17, 15) is 17.8 Å². The van der Waals surface area contributed by atoms with Gasteiger partial charge >= 0.3 is 0 Å². The molecule has 69 heavy (non-hydrogen) atoms. The van der Waals surface area contributed by atoms with Crippen LogP contribution in [-0.2, 0) is 5.41 Å². The van der Waals surface area contributed by atoms with Crippen LogP contribution >= 0.6 is 0 Å². The molecule has 5 nitrogen and oxygen atoms in total. The van der Waals surface area contributed by atoms with Crippen LogP contribution in [0, 0.1) is 6.33 Å². The molecule has 14 rings (SSSR count). The van der Waals surface area contributed by atoms with E-state index < -0.39 is 164 Å². The number of aromatic nitrogens is 4. The molecule has 0 unspecified atom stereocenters. The first-order valence-corrected chi connectivity index (χ1v) is 22.2. The van der Waals surface area contributed by atoms with Crippen LogP contribution in [0.2, 0.25) is 0 Å². The van der Waals surface area contributed by atoms with Gasteiger partial charge in [0, 0.05) is 23.0 Å². The second kappa shape index (κ2) is 14.9. The lowest BCUT2D eigenvalue weighted by molar-refractivity contribution is -0.570. The predicted molar refractivity (Wildman–Crippen MR) is 281 cm³/mol. The molecule has 0 atom stereocenters. The Bertz CT molecular complexity index is 5180. The van der Waals surface area contributed by atoms with E-state index in [0.29, 0.717) is 23.0 Å². The van der Waals surface area contributed by atoms with Crippen molar-refractivity contribution in [2.45, 2.75) is 26.2 Å². The fourth-order valence-electron chi connectivity index (χ4n) is 9.90. The molecule has 2 aliphatic rings. The maximum atomic E-state index is 9.98. The molecule has 0 N–H and O–H groups in total. The van der Waals surface area contributed by atoms with Crippen molar-refractivity contribution in [2.75, 3.05) is 0 Å². The van der Waals surface area contributed by atoms with Crippen molar-refractivity contribution in [3.8, 4) is 95.5 Å². The number of fused-ring (bicyclic) bond motifs is 11. The molecule has 0 radical (unpaired) electrons. The molecule has 2 bridgehead atoms. The molecule has 5 heteroatoms. The molecule has 0 saturated heterocycles. The van der Waals surface area contributed by atoms with Gasteiger partial charge in [-0.15, -0.1) is 0 Å². The summed E-state index contributed by atoms with van der Waals surface area (Å²) in [7, 11) is 0. The van der Waals surface area contributed by atoms with Crippen LogP contribution < -0.4 is 9.30 Å². The molecule has 12 aromatic rings. The number of hydrogen-bond donors (Lipinski definition) is 0. The summed E-state index contributed by atoms with van der Waals surface area (Å²) in [5.41, 5.74) is -2.43. The van der Waals surface area contributed by atoms with E-state index in [1.165, 1.54) is 4.57 Å². The third-order valence-electron chi connectivity index (χ3n) is 13.0. The SMILES string of the molecule is [2H]c1c([2H])c([2H])c2c(c1[2H])-c1c([2H])c([2H])c([2H])c([2H])c1-c1c([2H])c([2H])c([2H])c3c1-[n+]1[c-]n(-c4cccc(Oc5ccc6c7ccccc7n(-c7cc(C(C)(C)C)ccn7)c6c5)c4)c4cccc(c41)-c1c-2c([2H])c([2H])c([2H])c1-c1c([2H])c([2H])c([2H])c([2H])c1-3. The van der Waals surface area contributed by atoms with E-state index in [2.05, 4.69) is 43.8 Å². The number of hydrogen-bond acceptors (Lipinski definition) is 2. The number of rotatable bonds is 4. The van der Waals surface area contributed by atoms with Gasteiger partial charge < -0.3 is 4.74 Å². The molecule has 0 amide bonds. The van der Waals surface area contributed by atoms with E-state index >= 15 is 0 Å². The normalized spacial score (nSPS) is 15.9. The minimum Gasteiger partial charge on any atom is -0.458 e. The third-order valence-corrected chi connectivity index (χ3v) is 13.0. The van der Waals surface area contributed by atoms with Crippen LogP contribution in [0.15, 0.2) is 212 Å². The van der Waals surface area contributed by atoms with Gasteiger partial charge in [-0.3, -0.25) is 13.7 Å².